The van der Waals surface area contributed by atoms with Gasteiger partial charge >= 0.3 is 5.97 Å². The molecule has 0 atom stereocenters. The van der Waals surface area contributed by atoms with Crippen LogP contribution in [0.15, 0.2) is 22.8 Å². The second-order valence-electron chi connectivity index (χ2n) is 4.98. The summed E-state index contributed by atoms with van der Waals surface area (Å²) in [5.41, 5.74) is 2.00. The lowest BCUT2D eigenvalue weighted by molar-refractivity contribution is 0.0404. The lowest BCUT2D eigenvalue weighted by Gasteiger charge is -2.20. The topological polar surface area (TPSA) is 55.2 Å². The zero-order valence-corrected chi connectivity index (χ0v) is 10.3. The predicted octanol–water partition coefficient (Wildman–Crippen LogP) is 3.50. The number of carbonyl (C=O) groups excluding carboxylic acids is 1. The van der Waals surface area contributed by atoms with E-state index in [-0.39, 0.29) is 5.97 Å². The molecule has 2 heterocycles. The van der Waals surface area contributed by atoms with Crippen molar-refractivity contribution in [2.45, 2.75) is 32.1 Å². The Morgan fingerprint density at radius 2 is 2.22 bits per heavy atom. The number of aromatic nitrogens is 1. The summed E-state index contributed by atoms with van der Waals surface area (Å²) in [6.45, 7) is 0.541. The summed E-state index contributed by atoms with van der Waals surface area (Å²) < 4.78 is 10.6. The van der Waals surface area contributed by atoms with Gasteiger partial charge in [-0.3, -0.25) is 0 Å². The van der Waals surface area contributed by atoms with Gasteiger partial charge in [0.1, 0.15) is 5.69 Å². The molecule has 2 aromatic heterocycles. The van der Waals surface area contributed by atoms with E-state index in [1.54, 1.807) is 18.4 Å². The molecule has 0 aromatic carbocycles. The maximum atomic E-state index is 11.9. The molecule has 0 spiro atoms. The smallest absolute Gasteiger partial charge is 0.354 e. The Bertz CT molecular complexity index is 505. The van der Waals surface area contributed by atoms with Gasteiger partial charge in [-0.05, 0) is 18.8 Å². The van der Waals surface area contributed by atoms with Gasteiger partial charge in [0.05, 0.1) is 18.4 Å². The van der Waals surface area contributed by atoms with Gasteiger partial charge in [-0.25, -0.2) is 4.79 Å². The van der Waals surface area contributed by atoms with E-state index in [2.05, 4.69) is 4.98 Å². The summed E-state index contributed by atoms with van der Waals surface area (Å²) in [5.74, 6) is 0.257. The zero-order chi connectivity index (χ0) is 12.4. The van der Waals surface area contributed by atoms with Crippen molar-refractivity contribution in [3.05, 3.63) is 24.1 Å². The van der Waals surface area contributed by atoms with Crippen LogP contribution in [0, 0.1) is 5.92 Å². The first-order valence-electron chi connectivity index (χ1n) is 6.56. The number of nitrogens with one attached hydrogen (secondary N) is 1. The second kappa shape index (κ2) is 4.88. The third kappa shape index (κ3) is 2.28. The van der Waals surface area contributed by atoms with Crippen molar-refractivity contribution in [2.75, 3.05) is 6.61 Å². The van der Waals surface area contributed by atoms with E-state index in [4.69, 9.17) is 9.15 Å². The van der Waals surface area contributed by atoms with Crippen molar-refractivity contribution in [2.24, 2.45) is 5.92 Å². The van der Waals surface area contributed by atoms with Crippen molar-refractivity contribution in [1.82, 2.24) is 4.98 Å². The summed E-state index contributed by atoms with van der Waals surface area (Å²) in [4.78, 5) is 14.9. The monoisotopic (exact) mass is 247 g/mol. The Morgan fingerprint density at radius 3 is 3.00 bits per heavy atom. The zero-order valence-electron chi connectivity index (χ0n) is 10.3. The Morgan fingerprint density at radius 1 is 1.39 bits per heavy atom. The number of hydrogen-bond acceptors (Lipinski definition) is 3. The van der Waals surface area contributed by atoms with Crippen LogP contribution in [0.3, 0.4) is 0 Å². The maximum Gasteiger partial charge on any atom is 0.354 e. The molecule has 3 rings (SSSR count). The molecule has 2 aromatic rings. The van der Waals surface area contributed by atoms with E-state index in [0.29, 0.717) is 23.8 Å². The van der Waals surface area contributed by atoms with E-state index in [0.717, 1.165) is 5.52 Å². The van der Waals surface area contributed by atoms with Crippen molar-refractivity contribution in [3.63, 3.8) is 0 Å². The van der Waals surface area contributed by atoms with Crippen LogP contribution in [-0.4, -0.2) is 17.6 Å². The molecule has 0 unspecified atom stereocenters. The third-order valence-corrected chi connectivity index (χ3v) is 3.63. The number of ether oxygens (including phenoxy) is 1. The van der Waals surface area contributed by atoms with Crippen LogP contribution in [0.1, 0.15) is 42.6 Å². The number of rotatable bonds is 3. The highest BCUT2D eigenvalue weighted by Crippen LogP contribution is 2.24. The molecule has 1 saturated carbocycles. The molecule has 0 amide bonds. The lowest BCUT2D eigenvalue weighted by Crippen LogP contribution is -2.16. The summed E-state index contributed by atoms with van der Waals surface area (Å²) >= 11 is 0. The van der Waals surface area contributed by atoms with E-state index < -0.39 is 0 Å². The fourth-order valence-electron chi connectivity index (χ4n) is 2.58. The number of furan rings is 1. The average Bonchev–Trinajstić information content (AvgIpc) is 2.98. The SMILES string of the molecule is O=C(OCC1CCCCC1)c1cc2occc2[nH]1. The van der Waals surface area contributed by atoms with Gasteiger partial charge in [0.2, 0.25) is 0 Å². The molecule has 0 bridgehead atoms. The third-order valence-electron chi connectivity index (χ3n) is 3.63. The molecule has 1 fully saturated rings. The molecular weight excluding hydrogens is 230 g/mol. The van der Waals surface area contributed by atoms with Crippen molar-refractivity contribution >= 4 is 17.1 Å². The van der Waals surface area contributed by atoms with Crippen LogP contribution in [-0.2, 0) is 4.74 Å². The molecular formula is C14H17NO3. The summed E-state index contributed by atoms with van der Waals surface area (Å²) in [6.07, 6.45) is 7.80. The highest BCUT2D eigenvalue weighted by atomic mass is 16.5. The van der Waals surface area contributed by atoms with Crippen molar-refractivity contribution in [3.8, 4) is 0 Å². The molecule has 4 heteroatoms. The predicted molar refractivity (Wildman–Crippen MR) is 67.4 cm³/mol. The van der Waals surface area contributed by atoms with Crippen LogP contribution in [0.2, 0.25) is 0 Å². The molecule has 1 aliphatic rings. The van der Waals surface area contributed by atoms with Gasteiger partial charge in [-0.1, -0.05) is 19.3 Å². The van der Waals surface area contributed by atoms with Gasteiger partial charge in [0.25, 0.3) is 0 Å². The maximum absolute atomic E-state index is 11.9. The molecule has 96 valence electrons. The van der Waals surface area contributed by atoms with E-state index in [1.165, 1.54) is 32.1 Å². The quantitative estimate of drug-likeness (QED) is 0.844. The van der Waals surface area contributed by atoms with Gasteiger partial charge in [-0.2, -0.15) is 0 Å². The Kier molecular flexibility index (Phi) is 3.09. The summed E-state index contributed by atoms with van der Waals surface area (Å²) in [7, 11) is 0. The van der Waals surface area contributed by atoms with Gasteiger partial charge < -0.3 is 14.1 Å². The minimum absolute atomic E-state index is 0.285. The first-order chi connectivity index (χ1) is 8.83. The van der Waals surface area contributed by atoms with Crippen LogP contribution >= 0.6 is 0 Å². The lowest BCUT2D eigenvalue weighted by atomic mass is 9.90. The number of fused-ring (bicyclic) bond motifs is 1. The Hall–Kier alpha value is -1.71. The van der Waals surface area contributed by atoms with Crippen LogP contribution in [0.25, 0.3) is 11.1 Å². The largest absolute Gasteiger partial charge is 0.463 e. The molecule has 1 N–H and O–H groups in total. The fourth-order valence-corrected chi connectivity index (χ4v) is 2.58. The van der Waals surface area contributed by atoms with Gasteiger partial charge in [0.15, 0.2) is 5.58 Å². The highest BCUT2D eigenvalue weighted by molar-refractivity contribution is 5.93. The van der Waals surface area contributed by atoms with E-state index in [1.807, 2.05) is 0 Å². The number of H-pyrrole nitrogens is 1. The normalized spacial score (nSPS) is 17.1. The average molecular weight is 247 g/mol. The van der Waals surface area contributed by atoms with Gasteiger partial charge in [-0.15, -0.1) is 0 Å². The molecule has 4 nitrogen and oxygen atoms in total. The molecule has 1 aliphatic carbocycles. The highest BCUT2D eigenvalue weighted by Gasteiger charge is 2.17. The van der Waals surface area contributed by atoms with Crippen LogP contribution in [0.4, 0.5) is 0 Å². The van der Waals surface area contributed by atoms with E-state index in [9.17, 15) is 4.79 Å². The molecule has 0 radical (unpaired) electrons. The van der Waals surface area contributed by atoms with Crippen molar-refractivity contribution < 1.29 is 13.9 Å². The number of carbonyl (C=O) groups is 1. The first-order valence-corrected chi connectivity index (χ1v) is 6.56. The summed E-state index contributed by atoms with van der Waals surface area (Å²) in [6, 6.07) is 3.49. The molecule has 0 saturated heterocycles. The minimum Gasteiger partial charge on any atom is -0.463 e. The standard InChI is InChI=1S/C14H17NO3/c16-14(18-9-10-4-2-1-3-5-10)12-8-13-11(15-12)6-7-17-13/h6-8,10,15H,1-5,9H2. The Labute approximate surface area is 105 Å². The number of aromatic amines is 1. The van der Waals surface area contributed by atoms with Crippen LogP contribution < -0.4 is 0 Å². The Balaban J connectivity index is 1.59. The second-order valence-corrected chi connectivity index (χ2v) is 4.98. The summed E-state index contributed by atoms with van der Waals surface area (Å²) in [5, 5.41) is 0. The van der Waals surface area contributed by atoms with Crippen LogP contribution in [0.5, 0.6) is 0 Å². The van der Waals surface area contributed by atoms with Crippen molar-refractivity contribution in [1.29, 1.82) is 0 Å². The number of hydrogen-bond donors (Lipinski definition) is 1. The fraction of sp³-hybridized carbons (Fsp3) is 0.500. The molecule has 18 heavy (non-hydrogen) atoms. The van der Waals surface area contributed by atoms with Gasteiger partial charge in [0, 0.05) is 12.1 Å². The first kappa shape index (κ1) is 11.4. The number of esters is 1. The van der Waals surface area contributed by atoms with E-state index >= 15 is 0 Å². The molecule has 0 aliphatic heterocycles. The minimum atomic E-state index is -0.285.